The van der Waals surface area contributed by atoms with Crippen LogP contribution in [0.2, 0.25) is 0 Å². The zero-order valence-corrected chi connectivity index (χ0v) is 11.2. The quantitative estimate of drug-likeness (QED) is 0.899. The van der Waals surface area contributed by atoms with E-state index in [0.717, 1.165) is 23.4 Å². The van der Waals surface area contributed by atoms with Crippen LogP contribution in [-0.2, 0) is 13.5 Å². The zero-order chi connectivity index (χ0) is 13.3. The molecule has 0 aliphatic carbocycles. The molecule has 0 aliphatic heterocycles. The Bertz CT molecular complexity index is 610. The summed E-state index contributed by atoms with van der Waals surface area (Å²) in [6.45, 7) is 6.08. The van der Waals surface area contributed by atoms with Gasteiger partial charge >= 0.3 is 0 Å². The highest BCUT2D eigenvalue weighted by molar-refractivity contribution is 5.57. The molecule has 2 rings (SSSR count). The fourth-order valence-electron chi connectivity index (χ4n) is 1.89. The minimum Gasteiger partial charge on any atom is -0.306 e. The van der Waals surface area contributed by atoms with E-state index in [4.69, 9.17) is 0 Å². The summed E-state index contributed by atoms with van der Waals surface area (Å²) < 4.78 is 1.75. The molecule has 0 saturated heterocycles. The molecular weight excluding hydrogens is 228 g/mol. The third kappa shape index (κ3) is 2.34. The van der Waals surface area contributed by atoms with Gasteiger partial charge in [-0.1, -0.05) is 20.8 Å². The molecule has 0 unspecified atom stereocenters. The van der Waals surface area contributed by atoms with Gasteiger partial charge in [0.15, 0.2) is 0 Å². The van der Waals surface area contributed by atoms with Gasteiger partial charge in [-0.3, -0.25) is 9.48 Å². The lowest BCUT2D eigenvalue weighted by Gasteiger charge is -2.06. The Balaban J connectivity index is 2.59. The lowest BCUT2D eigenvalue weighted by Crippen LogP contribution is -2.11. The summed E-state index contributed by atoms with van der Waals surface area (Å²) in [7, 11) is 1.87. The van der Waals surface area contributed by atoms with Crippen LogP contribution in [0.5, 0.6) is 0 Å². The van der Waals surface area contributed by atoms with Gasteiger partial charge in [0.2, 0.25) is 0 Å². The second-order valence-corrected chi connectivity index (χ2v) is 4.69. The first-order valence-corrected chi connectivity index (χ1v) is 6.15. The van der Waals surface area contributed by atoms with Crippen molar-refractivity contribution in [3.05, 3.63) is 34.0 Å². The molecule has 2 aromatic rings. The van der Waals surface area contributed by atoms with Crippen LogP contribution < -0.4 is 5.56 Å². The molecule has 1 N–H and O–H groups in total. The van der Waals surface area contributed by atoms with Gasteiger partial charge in [0.25, 0.3) is 5.56 Å². The lowest BCUT2D eigenvalue weighted by molar-refractivity contribution is 0.746. The van der Waals surface area contributed by atoms with Crippen LogP contribution in [0.15, 0.2) is 17.1 Å². The molecule has 0 radical (unpaired) electrons. The molecule has 0 fully saturated rings. The average molecular weight is 246 g/mol. The van der Waals surface area contributed by atoms with E-state index in [1.54, 1.807) is 10.7 Å². The van der Waals surface area contributed by atoms with E-state index in [1.165, 1.54) is 0 Å². The standard InChI is InChI=1S/C13H18N4O/c1-5-10-9(7-17(4)16-10)13-14-11(8(2)3)6-12(18)15-13/h6-8H,5H2,1-4H3,(H,14,15,18). The van der Waals surface area contributed by atoms with Crippen molar-refractivity contribution in [3.63, 3.8) is 0 Å². The molecule has 0 spiro atoms. The van der Waals surface area contributed by atoms with E-state index in [2.05, 4.69) is 15.1 Å². The van der Waals surface area contributed by atoms with Gasteiger partial charge in [-0.05, 0) is 12.3 Å². The van der Waals surface area contributed by atoms with Crippen molar-refractivity contribution < 1.29 is 0 Å². The maximum absolute atomic E-state index is 11.7. The molecule has 96 valence electrons. The largest absolute Gasteiger partial charge is 0.306 e. The molecule has 0 aromatic carbocycles. The first kappa shape index (κ1) is 12.5. The van der Waals surface area contributed by atoms with E-state index in [0.29, 0.717) is 5.82 Å². The van der Waals surface area contributed by atoms with E-state index in [-0.39, 0.29) is 11.5 Å². The second-order valence-electron chi connectivity index (χ2n) is 4.69. The Hall–Kier alpha value is -1.91. The van der Waals surface area contributed by atoms with Crippen LogP contribution in [0.25, 0.3) is 11.4 Å². The summed E-state index contributed by atoms with van der Waals surface area (Å²) in [5, 5.41) is 4.36. The van der Waals surface area contributed by atoms with Crippen molar-refractivity contribution in [1.82, 2.24) is 19.7 Å². The number of hydrogen-bond donors (Lipinski definition) is 1. The molecule has 0 atom stereocenters. The van der Waals surface area contributed by atoms with E-state index in [1.807, 2.05) is 34.0 Å². The molecule has 0 amide bonds. The highest BCUT2D eigenvalue weighted by atomic mass is 16.1. The van der Waals surface area contributed by atoms with Gasteiger partial charge in [0.05, 0.1) is 17.0 Å². The Labute approximate surface area is 106 Å². The SMILES string of the molecule is CCc1nn(C)cc1-c1nc(C(C)C)cc(=O)[nH]1. The van der Waals surface area contributed by atoms with Crippen molar-refractivity contribution in [2.45, 2.75) is 33.1 Å². The third-order valence-electron chi connectivity index (χ3n) is 2.85. The summed E-state index contributed by atoms with van der Waals surface area (Å²) in [6.07, 6.45) is 2.70. The Morgan fingerprint density at radius 3 is 2.78 bits per heavy atom. The topological polar surface area (TPSA) is 63.6 Å². The molecule has 0 saturated carbocycles. The van der Waals surface area contributed by atoms with Gasteiger partial charge in [0, 0.05) is 19.3 Å². The number of nitrogens with zero attached hydrogens (tertiary/aromatic N) is 3. The Morgan fingerprint density at radius 2 is 2.17 bits per heavy atom. The lowest BCUT2D eigenvalue weighted by atomic mass is 10.1. The highest BCUT2D eigenvalue weighted by Gasteiger charge is 2.12. The number of H-pyrrole nitrogens is 1. The summed E-state index contributed by atoms with van der Waals surface area (Å²) in [6, 6.07) is 1.55. The first-order chi connectivity index (χ1) is 8.51. The van der Waals surface area contributed by atoms with Gasteiger partial charge < -0.3 is 4.98 Å². The van der Waals surface area contributed by atoms with Crippen molar-refractivity contribution in [2.75, 3.05) is 0 Å². The van der Waals surface area contributed by atoms with E-state index >= 15 is 0 Å². The second kappa shape index (κ2) is 4.76. The van der Waals surface area contributed by atoms with E-state index in [9.17, 15) is 4.79 Å². The summed E-state index contributed by atoms with van der Waals surface area (Å²) >= 11 is 0. The number of aromatic amines is 1. The van der Waals surface area contributed by atoms with Crippen LogP contribution >= 0.6 is 0 Å². The monoisotopic (exact) mass is 246 g/mol. The number of hydrogen-bond acceptors (Lipinski definition) is 3. The summed E-state index contributed by atoms with van der Waals surface area (Å²) in [4.78, 5) is 19.0. The Morgan fingerprint density at radius 1 is 1.44 bits per heavy atom. The highest BCUT2D eigenvalue weighted by Crippen LogP contribution is 2.20. The minimum atomic E-state index is -0.116. The molecule has 2 aromatic heterocycles. The number of nitrogens with one attached hydrogen (secondary N) is 1. The molecule has 2 heterocycles. The zero-order valence-electron chi connectivity index (χ0n) is 11.2. The first-order valence-electron chi connectivity index (χ1n) is 6.15. The summed E-state index contributed by atoms with van der Waals surface area (Å²) in [5.74, 6) is 0.837. The van der Waals surface area contributed by atoms with Crippen LogP contribution in [0.4, 0.5) is 0 Å². The van der Waals surface area contributed by atoms with Crippen LogP contribution in [0, 0.1) is 0 Å². The van der Waals surface area contributed by atoms with Crippen molar-refractivity contribution in [2.24, 2.45) is 7.05 Å². The average Bonchev–Trinajstić information content (AvgIpc) is 2.69. The third-order valence-corrected chi connectivity index (χ3v) is 2.85. The Kier molecular flexibility index (Phi) is 3.32. The maximum Gasteiger partial charge on any atom is 0.251 e. The van der Waals surface area contributed by atoms with Crippen molar-refractivity contribution in [1.29, 1.82) is 0 Å². The van der Waals surface area contributed by atoms with Gasteiger partial charge in [-0.25, -0.2) is 4.98 Å². The predicted octanol–water partition coefficient (Wildman–Crippen LogP) is 1.86. The number of aryl methyl sites for hydroxylation is 2. The molecule has 5 nitrogen and oxygen atoms in total. The number of aromatic nitrogens is 4. The fourth-order valence-corrected chi connectivity index (χ4v) is 1.89. The van der Waals surface area contributed by atoms with Crippen molar-refractivity contribution >= 4 is 0 Å². The van der Waals surface area contributed by atoms with Crippen LogP contribution in [0.1, 0.15) is 38.1 Å². The summed E-state index contributed by atoms with van der Waals surface area (Å²) in [5.41, 5.74) is 2.54. The minimum absolute atomic E-state index is 0.116. The molecule has 0 aliphatic rings. The van der Waals surface area contributed by atoms with Gasteiger partial charge in [0.1, 0.15) is 5.82 Å². The number of rotatable bonds is 3. The van der Waals surface area contributed by atoms with Gasteiger partial charge in [-0.15, -0.1) is 0 Å². The maximum atomic E-state index is 11.7. The smallest absolute Gasteiger partial charge is 0.251 e. The van der Waals surface area contributed by atoms with Crippen molar-refractivity contribution in [3.8, 4) is 11.4 Å². The molecule has 5 heteroatoms. The normalized spacial score (nSPS) is 11.2. The molecular formula is C13H18N4O. The molecule has 18 heavy (non-hydrogen) atoms. The van der Waals surface area contributed by atoms with Crippen LogP contribution in [-0.4, -0.2) is 19.7 Å². The van der Waals surface area contributed by atoms with Gasteiger partial charge in [-0.2, -0.15) is 5.10 Å². The molecule has 0 bridgehead atoms. The fraction of sp³-hybridized carbons (Fsp3) is 0.462. The van der Waals surface area contributed by atoms with E-state index < -0.39 is 0 Å². The predicted molar refractivity (Wildman–Crippen MR) is 70.5 cm³/mol. The van der Waals surface area contributed by atoms with Crippen LogP contribution in [0.3, 0.4) is 0 Å².